The zero-order valence-electron chi connectivity index (χ0n) is 17.0. The third kappa shape index (κ3) is 5.57. The lowest BCUT2D eigenvalue weighted by Crippen LogP contribution is -2.40. The fourth-order valence-corrected chi connectivity index (χ4v) is 3.22. The van der Waals surface area contributed by atoms with Crippen LogP contribution in [-0.2, 0) is 9.53 Å². The molecule has 1 atom stereocenters. The quantitative estimate of drug-likeness (QED) is 0.775. The molecule has 2 amide bonds. The first-order valence-corrected chi connectivity index (χ1v) is 10.1. The Kier molecular flexibility index (Phi) is 7.25. The SMILES string of the molecule is CC[C@@H](C)c1ccccc1OCC(=O)Nc1ccc(C(=O)N2CCOCC2)cc1. The monoisotopic (exact) mass is 396 g/mol. The van der Waals surface area contributed by atoms with Crippen LogP contribution in [0.15, 0.2) is 48.5 Å². The van der Waals surface area contributed by atoms with E-state index in [1.807, 2.05) is 24.3 Å². The average Bonchev–Trinajstić information content (AvgIpc) is 2.78. The number of nitrogens with zero attached hydrogens (tertiary/aromatic N) is 1. The van der Waals surface area contributed by atoms with Crippen LogP contribution >= 0.6 is 0 Å². The molecule has 0 aromatic heterocycles. The van der Waals surface area contributed by atoms with Gasteiger partial charge in [-0.15, -0.1) is 0 Å². The maximum absolute atomic E-state index is 12.5. The Morgan fingerprint density at radius 2 is 1.79 bits per heavy atom. The van der Waals surface area contributed by atoms with Crippen LogP contribution in [0.25, 0.3) is 0 Å². The zero-order chi connectivity index (χ0) is 20.6. The smallest absolute Gasteiger partial charge is 0.262 e. The van der Waals surface area contributed by atoms with Crippen molar-refractivity contribution in [2.75, 3.05) is 38.2 Å². The molecule has 0 unspecified atom stereocenters. The number of carbonyl (C=O) groups excluding carboxylic acids is 2. The van der Waals surface area contributed by atoms with E-state index in [4.69, 9.17) is 9.47 Å². The van der Waals surface area contributed by atoms with Gasteiger partial charge < -0.3 is 19.7 Å². The molecule has 0 aliphatic carbocycles. The summed E-state index contributed by atoms with van der Waals surface area (Å²) in [6, 6.07) is 14.7. The summed E-state index contributed by atoms with van der Waals surface area (Å²) in [6.07, 6.45) is 1.00. The second kappa shape index (κ2) is 10.1. The number of carbonyl (C=O) groups is 2. The van der Waals surface area contributed by atoms with Crippen LogP contribution in [0.1, 0.15) is 42.1 Å². The van der Waals surface area contributed by atoms with Crippen LogP contribution in [0.5, 0.6) is 5.75 Å². The Hall–Kier alpha value is -2.86. The molecule has 6 heteroatoms. The number of benzene rings is 2. The first-order chi connectivity index (χ1) is 14.1. The molecule has 1 aliphatic rings. The van der Waals surface area contributed by atoms with Crippen molar-refractivity contribution in [3.05, 3.63) is 59.7 Å². The molecule has 2 aromatic rings. The molecular weight excluding hydrogens is 368 g/mol. The first kappa shape index (κ1) is 20.9. The Bertz CT molecular complexity index is 829. The Labute approximate surface area is 171 Å². The predicted octanol–water partition coefficient (Wildman–Crippen LogP) is 3.69. The second-order valence-corrected chi connectivity index (χ2v) is 7.17. The molecule has 29 heavy (non-hydrogen) atoms. The van der Waals surface area contributed by atoms with E-state index in [9.17, 15) is 9.59 Å². The molecule has 1 N–H and O–H groups in total. The maximum atomic E-state index is 12.5. The lowest BCUT2D eigenvalue weighted by atomic mass is 9.98. The van der Waals surface area contributed by atoms with Crippen LogP contribution in [-0.4, -0.2) is 49.6 Å². The van der Waals surface area contributed by atoms with Gasteiger partial charge in [-0.25, -0.2) is 0 Å². The number of anilines is 1. The summed E-state index contributed by atoms with van der Waals surface area (Å²) in [5.74, 6) is 0.849. The van der Waals surface area contributed by atoms with Gasteiger partial charge in [0, 0.05) is 24.3 Å². The summed E-state index contributed by atoms with van der Waals surface area (Å²) >= 11 is 0. The number of amides is 2. The lowest BCUT2D eigenvalue weighted by molar-refractivity contribution is -0.118. The van der Waals surface area contributed by atoms with Crippen LogP contribution in [0, 0.1) is 0 Å². The van der Waals surface area contributed by atoms with Crippen LogP contribution in [0.4, 0.5) is 5.69 Å². The van der Waals surface area contributed by atoms with Crippen molar-refractivity contribution in [2.24, 2.45) is 0 Å². The van der Waals surface area contributed by atoms with Gasteiger partial charge in [0.2, 0.25) is 0 Å². The van der Waals surface area contributed by atoms with Crippen molar-refractivity contribution in [3.8, 4) is 5.75 Å². The first-order valence-electron chi connectivity index (χ1n) is 10.1. The molecule has 154 valence electrons. The van der Waals surface area contributed by atoms with E-state index < -0.39 is 0 Å². The molecule has 0 saturated carbocycles. The molecule has 0 bridgehead atoms. The van der Waals surface area contributed by atoms with Crippen molar-refractivity contribution in [1.82, 2.24) is 4.90 Å². The Morgan fingerprint density at radius 3 is 2.48 bits per heavy atom. The van der Waals surface area contributed by atoms with E-state index >= 15 is 0 Å². The van der Waals surface area contributed by atoms with Gasteiger partial charge in [0.25, 0.3) is 11.8 Å². The molecular formula is C23H28N2O4. The van der Waals surface area contributed by atoms with E-state index in [0.29, 0.717) is 43.5 Å². The molecule has 1 aliphatic heterocycles. The van der Waals surface area contributed by atoms with Crippen molar-refractivity contribution >= 4 is 17.5 Å². The third-order valence-corrected chi connectivity index (χ3v) is 5.13. The number of hydrogen-bond donors (Lipinski definition) is 1. The number of ether oxygens (including phenoxy) is 2. The molecule has 1 saturated heterocycles. The highest BCUT2D eigenvalue weighted by molar-refractivity contribution is 5.96. The Morgan fingerprint density at radius 1 is 1.10 bits per heavy atom. The van der Waals surface area contributed by atoms with Gasteiger partial charge in [0.05, 0.1) is 13.2 Å². The summed E-state index contributed by atoms with van der Waals surface area (Å²) in [7, 11) is 0. The van der Waals surface area contributed by atoms with Gasteiger partial charge in [0.15, 0.2) is 6.61 Å². The number of morpholine rings is 1. The number of nitrogens with one attached hydrogen (secondary N) is 1. The molecule has 1 fully saturated rings. The average molecular weight is 396 g/mol. The van der Waals surface area contributed by atoms with Gasteiger partial charge in [-0.1, -0.05) is 32.0 Å². The standard InChI is InChI=1S/C23H28N2O4/c1-3-17(2)20-6-4-5-7-21(20)29-16-22(26)24-19-10-8-18(9-11-19)23(27)25-12-14-28-15-13-25/h4-11,17H,3,12-16H2,1-2H3,(H,24,26)/t17-/m1/s1. The molecule has 1 heterocycles. The number of hydrogen-bond acceptors (Lipinski definition) is 4. The van der Waals surface area contributed by atoms with Crippen molar-refractivity contribution in [2.45, 2.75) is 26.2 Å². The molecule has 0 spiro atoms. The summed E-state index contributed by atoms with van der Waals surface area (Å²) in [5, 5.41) is 2.81. The van der Waals surface area contributed by atoms with Gasteiger partial charge in [-0.2, -0.15) is 0 Å². The van der Waals surface area contributed by atoms with Gasteiger partial charge >= 0.3 is 0 Å². The van der Waals surface area contributed by atoms with Crippen molar-refractivity contribution < 1.29 is 19.1 Å². The van der Waals surface area contributed by atoms with E-state index in [0.717, 1.165) is 17.7 Å². The van der Waals surface area contributed by atoms with Crippen LogP contribution in [0.2, 0.25) is 0 Å². The van der Waals surface area contributed by atoms with E-state index in [1.54, 1.807) is 29.2 Å². The fraction of sp³-hybridized carbons (Fsp3) is 0.391. The number of para-hydroxylation sites is 1. The maximum Gasteiger partial charge on any atom is 0.262 e. The minimum absolute atomic E-state index is 0.0174. The van der Waals surface area contributed by atoms with E-state index in [-0.39, 0.29) is 18.4 Å². The highest BCUT2D eigenvalue weighted by atomic mass is 16.5. The second-order valence-electron chi connectivity index (χ2n) is 7.17. The molecule has 0 radical (unpaired) electrons. The third-order valence-electron chi connectivity index (χ3n) is 5.13. The molecule has 6 nitrogen and oxygen atoms in total. The summed E-state index contributed by atoms with van der Waals surface area (Å²) in [5.41, 5.74) is 2.34. The molecule has 2 aromatic carbocycles. The summed E-state index contributed by atoms with van der Waals surface area (Å²) in [6.45, 7) is 6.55. The zero-order valence-corrected chi connectivity index (χ0v) is 17.0. The van der Waals surface area contributed by atoms with Crippen molar-refractivity contribution in [3.63, 3.8) is 0 Å². The van der Waals surface area contributed by atoms with Gasteiger partial charge in [-0.05, 0) is 48.2 Å². The number of rotatable bonds is 7. The Balaban J connectivity index is 1.54. The van der Waals surface area contributed by atoms with E-state index in [1.165, 1.54) is 0 Å². The minimum Gasteiger partial charge on any atom is -0.483 e. The summed E-state index contributed by atoms with van der Waals surface area (Å²) in [4.78, 5) is 26.5. The highest BCUT2D eigenvalue weighted by Gasteiger charge is 2.18. The normalized spacial score (nSPS) is 14.9. The molecule has 3 rings (SSSR count). The summed E-state index contributed by atoms with van der Waals surface area (Å²) < 4.78 is 11.0. The fourth-order valence-electron chi connectivity index (χ4n) is 3.22. The largest absolute Gasteiger partial charge is 0.483 e. The lowest BCUT2D eigenvalue weighted by Gasteiger charge is -2.26. The van der Waals surface area contributed by atoms with Crippen LogP contribution in [0.3, 0.4) is 0 Å². The predicted molar refractivity (Wildman–Crippen MR) is 112 cm³/mol. The minimum atomic E-state index is -0.240. The van der Waals surface area contributed by atoms with E-state index in [2.05, 4.69) is 19.2 Å². The van der Waals surface area contributed by atoms with Crippen molar-refractivity contribution in [1.29, 1.82) is 0 Å². The topological polar surface area (TPSA) is 67.9 Å². The van der Waals surface area contributed by atoms with Crippen LogP contribution < -0.4 is 10.1 Å². The van der Waals surface area contributed by atoms with Gasteiger partial charge in [0.1, 0.15) is 5.75 Å². The highest BCUT2D eigenvalue weighted by Crippen LogP contribution is 2.28. The van der Waals surface area contributed by atoms with Gasteiger partial charge in [-0.3, -0.25) is 9.59 Å².